The Labute approximate surface area is 319 Å². The van der Waals surface area contributed by atoms with Gasteiger partial charge in [0.1, 0.15) is 12.1 Å². The van der Waals surface area contributed by atoms with Crippen molar-refractivity contribution in [1.29, 1.82) is 0 Å². The Morgan fingerprint density at radius 2 is 1.58 bits per heavy atom. The van der Waals surface area contributed by atoms with Gasteiger partial charge in [-0.3, -0.25) is 19.2 Å². The molecule has 4 rings (SSSR count). The number of hydrogen-bond acceptors (Lipinski definition) is 7. The standard InChI is InChI=1S/C43H68N6O4/c1-9-12-22-34(38(51)29(4)45-27-10-2)48-40(52)37-36-32(42(36,6)7)28-49(37)41(53)39(43(8)25-18-15-19-26-43)47-30(5)46-33(23-24-35(50)44-11-3)31-20-16-13-14-17-21-31/h1,10,31-34,36-37,39,45-47H,2,4-5,11-28H2,3,6-8H3,(H,44,50)(H,48,52)/t32-,33?,34?,36?,37?,39?/m0/s1. The second-order valence-electron chi connectivity index (χ2n) is 17.0. The predicted octanol–water partition coefficient (Wildman–Crippen LogP) is 5.47. The van der Waals surface area contributed by atoms with Gasteiger partial charge >= 0.3 is 0 Å². The second kappa shape index (κ2) is 19.0. The highest BCUT2D eigenvalue weighted by molar-refractivity contribution is 6.01. The number of hydrogen-bond donors (Lipinski definition) is 5. The molecular weight excluding hydrogens is 665 g/mol. The zero-order valence-corrected chi connectivity index (χ0v) is 33.1. The smallest absolute Gasteiger partial charge is 0.246 e. The zero-order chi connectivity index (χ0) is 38.8. The Kier molecular flexibility index (Phi) is 15.1. The number of nitrogens with zero attached hydrogens (tertiary/aromatic N) is 1. The molecule has 3 saturated carbocycles. The van der Waals surface area contributed by atoms with Crippen molar-refractivity contribution in [3.8, 4) is 12.3 Å². The van der Waals surface area contributed by atoms with Gasteiger partial charge in [-0.2, -0.15) is 0 Å². The van der Waals surface area contributed by atoms with Crippen LogP contribution >= 0.6 is 0 Å². The summed E-state index contributed by atoms with van der Waals surface area (Å²) in [5.74, 6) is 3.05. The summed E-state index contributed by atoms with van der Waals surface area (Å²) >= 11 is 0. The molecular formula is C43H68N6O4. The van der Waals surface area contributed by atoms with E-state index in [0.717, 1.165) is 44.9 Å². The van der Waals surface area contributed by atoms with Gasteiger partial charge < -0.3 is 31.5 Å². The highest BCUT2D eigenvalue weighted by Gasteiger charge is 2.70. The number of piperidine rings is 1. The molecule has 3 amide bonds. The first kappa shape index (κ1) is 42.0. The van der Waals surface area contributed by atoms with E-state index in [4.69, 9.17) is 6.42 Å². The third kappa shape index (κ3) is 10.5. The van der Waals surface area contributed by atoms with Crippen LogP contribution in [0.1, 0.15) is 124 Å². The summed E-state index contributed by atoms with van der Waals surface area (Å²) in [5.41, 5.74) is -0.266. The van der Waals surface area contributed by atoms with Crippen molar-refractivity contribution in [2.75, 3.05) is 19.6 Å². The lowest BCUT2D eigenvalue weighted by molar-refractivity contribution is -0.145. The Morgan fingerprint density at radius 1 is 0.925 bits per heavy atom. The van der Waals surface area contributed by atoms with Crippen molar-refractivity contribution >= 4 is 23.5 Å². The van der Waals surface area contributed by atoms with E-state index in [1.54, 1.807) is 11.0 Å². The molecule has 0 radical (unpaired) electrons. The van der Waals surface area contributed by atoms with Crippen LogP contribution in [0.5, 0.6) is 0 Å². The van der Waals surface area contributed by atoms with Crippen LogP contribution in [0.2, 0.25) is 0 Å². The van der Waals surface area contributed by atoms with E-state index in [0.29, 0.717) is 50.6 Å². The van der Waals surface area contributed by atoms with Gasteiger partial charge in [0.25, 0.3) is 0 Å². The summed E-state index contributed by atoms with van der Waals surface area (Å²) in [6.45, 7) is 21.9. The normalized spacial score (nSPS) is 24.8. The Balaban J connectivity index is 1.58. The minimum atomic E-state index is -0.865. The highest BCUT2D eigenvalue weighted by Crippen LogP contribution is 2.65. The number of carbonyl (C=O) groups excluding carboxylic acids is 4. The van der Waals surface area contributed by atoms with Crippen molar-refractivity contribution < 1.29 is 19.2 Å². The van der Waals surface area contributed by atoms with Gasteiger partial charge in [-0.05, 0) is 74.0 Å². The number of fused-ring (bicyclic) bond motifs is 1. The number of rotatable bonds is 20. The molecule has 1 aliphatic heterocycles. The molecule has 53 heavy (non-hydrogen) atoms. The maximum atomic E-state index is 15.1. The number of nitrogens with one attached hydrogen (secondary N) is 5. The van der Waals surface area contributed by atoms with E-state index in [1.165, 1.54) is 25.7 Å². The average molecular weight is 733 g/mol. The van der Waals surface area contributed by atoms with Crippen molar-refractivity contribution in [2.45, 2.75) is 148 Å². The van der Waals surface area contributed by atoms with Gasteiger partial charge in [-0.15, -0.1) is 18.9 Å². The lowest BCUT2D eigenvalue weighted by Gasteiger charge is -2.44. The molecule has 0 spiro atoms. The lowest BCUT2D eigenvalue weighted by Crippen LogP contribution is -2.61. The largest absolute Gasteiger partial charge is 0.379 e. The summed E-state index contributed by atoms with van der Waals surface area (Å²) in [4.78, 5) is 57.2. The monoisotopic (exact) mass is 733 g/mol. The van der Waals surface area contributed by atoms with Crippen LogP contribution in [0, 0.1) is 40.9 Å². The first-order valence-corrected chi connectivity index (χ1v) is 20.4. The summed E-state index contributed by atoms with van der Waals surface area (Å²) in [7, 11) is 0. The fourth-order valence-electron chi connectivity index (χ4n) is 9.56. The van der Waals surface area contributed by atoms with E-state index in [2.05, 4.69) is 73.0 Å². The summed E-state index contributed by atoms with van der Waals surface area (Å²) in [6, 6.07) is -2.13. The van der Waals surface area contributed by atoms with Gasteiger partial charge in [0, 0.05) is 38.5 Å². The number of ketones is 1. The van der Waals surface area contributed by atoms with Crippen molar-refractivity contribution in [3.05, 3.63) is 37.3 Å². The molecule has 10 heteroatoms. The van der Waals surface area contributed by atoms with Crippen LogP contribution < -0.4 is 26.6 Å². The van der Waals surface area contributed by atoms with Crippen LogP contribution in [0.4, 0.5) is 0 Å². The van der Waals surface area contributed by atoms with Crippen LogP contribution in [0.3, 0.4) is 0 Å². The SMILES string of the molecule is C#CCCC(NC(=O)C1C2[C@H](CN1C(=O)C(NC(=C)NC(CCC(=O)NCC)C1CCCCCC1)C1(C)CCCCC1)C2(C)C)C(=O)C(=C)NCC=C. The molecule has 294 valence electrons. The molecule has 10 nitrogen and oxygen atoms in total. The van der Waals surface area contributed by atoms with Crippen molar-refractivity contribution in [3.63, 3.8) is 0 Å². The van der Waals surface area contributed by atoms with Crippen LogP contribution in [-0.4, -0.2) is 72.2 Å². The third-order valence-corrected chi connectivity index (χ3v) is 12.9. The van der Waals surface area contributed by atoms with E-state index in [-0.39, 0.29) is 64.3 Å². The van der Waals surface area contributed by atoms with Crippen LogP contribution in [-0.2, 0) is 19.2 Å². The number of terminal acetylenes is 1. The van der Waals surface area contributed by atoms with Gasteiger partial charge in [0.05, 0.1) is 17.6 Å². The average Bonchev–Trinajstić information content (AvgIpc) is 3.56. The van der Waals surface area contributed by atoms with E-state index in [9.17, 15) is 14.4 Å². The Morgan fingerprint density at radius 3 is 2.21 bits per heavy atom. The third-order valence-electron chi connectivity index (χ3n) is 12.9. The Bertz CT molecular complexity index is 1380. The maximum Gasteiger partial charge on any atom is 0.246 e. The van der Waals surface area contributed by atoms with Crippen molar-refractivity contribution in [1.82, 2.24) is 31.5 Å². The molecule has 0 aromatic rings. The number of amides is 3. The minimum Gasteiger partial charge on any atom is -0.379 e. The molecule has 4 fully saturated rings. The number of Topliss-reactive ketones (excluding diaryl/α,β-unsaturated/α-hetero) is 1. The van der Waals surface area contributed by atoms with Gasteiger partial charge in [0.2, 0.25) is 17.7 Å². The molecule has 1 saturated heterocycles. The predicted molar refractivity (Wildman–Crippen MR) is 212 cm³/mol. The number of likely N-dealkylation sites (tertiary alicyclic amines) is 1. The van der Waals surface area contributed by atoms with Gasteiger partial charge in [-0.1, -0.05) is 85.0 Å². The molecule has 5 unspecified atom stereocenters. The quantitative estimate of drug-likeness (QED) is 0.0486. The molecule has 0 bridgehead atoms. The lowest BCUT2D eigenvalue weighted by atomic mass is 9.70. The zero-order valence-electron chi connectivity index (χ0n) is 33.1. The van der Waals surface area contributed by atoms with Crippen molar-refractivity contribution in [2.24, 2.45) is 28.6 Å². The summed E-state index contributed by atoms with van der Waals surface area (Å²) < 4.78 is 0. The van der Waals surface area contributed by atoms with Crippen LogP contribution in [0.15, 0.2) is 37.3 Å². The topological polar surface area (TPSA) is 132 Å². The summed E-state index contributed by atoms with van der Waals surface area (Å²) in [6.07, 6.45) is 20.9. The molecule has 6 atom stereocenters. The molecule has 3 aliphatic carbocycles. The first-order chi connectivity index (χ1) is 25.3. The highest BCUT2D eigenvalue weighted by atomic mass is 16.2. The Hall–Kier alpha value is -3.74. The second-order valence-corrected chi connectivity index (χ2v) is 17.0. The molecule has 5 N–H and O–H groups in total. The number of carbonyl (C=O) groups is 4. The molecule has 0 aromatic heterocycles. The van der Waals surface area contributed by atoms with E-state index >= 15 is 4.79 Å². The van der Waals surface area contributed by atoms with Crippen LogP contribution in [0.25, 0.3) is 0 Å². The molecule has 1 heterocycles. The van der Waals surface area contributed by atoms with E-state index < -0.39 is 18.1 Å². The molecule has 4 aliphatic rings. The minimum absolute atomic E-state index is 0.0213. The summed E-state index contributed by atoms with van der Waals surface area (Å²) in [5, 5.41) is 16.2. The maximum absolute atomic E-state index is 15.1. The fraction of sp³-hybridized carbons (Fsp3) is 0.721. The van der Waals surface area contributed by atoms with E-state index in [1.807, 2.05) is 6.92 Å². The van der Waals surface area contributed by atoms with Gasteiger partial charge in [0.15, 0.2) is 5.78 Å². The fourth-order valence-corrected chi connectivity index (χ4v) is 9.56. The first-order valence-electron chi connectivity index (χ1n) is 20.4. The van der Waals surface area contributed by atoms with Gasteiger partial charge in [-0.25, -0.2) is 0 Å². The molecule has 0 aromatic carbocycles.